The molecule has 1 aromatic heterocycles. The molecule has 60 heavy (non-hydrogen) atoms. The third-order valence-corrected chi connectivity index (χ3v) is 18.2. The van der Waals surface area contributed by atoms with E-state index in [1.807, 2.05) is 25.4 Å². The molecule has 12 heteroatoms. The number of carbonyl (C=O) groups excluding carboxylic acids is 2. The maximum atomic E-state index is 13.9. The number of carbonyl (C=O) groups is 2. The van der Waals surface area contributed by atoms with E-state index in [-0.39, 0.29) is 66.7 Å². The molecule has 7 aliphatic rings. The molecule has 0 aromatic carbocycles. The van der Waals surface area contributed by atoms with Crippen molar-refractivity contribution in [2.75, 3.05) is 13.2 Å². The fourth-order valence-corrected chi connectivity index (χ4v) is 14.9. The molecule has 6 aliphatic carbocycles. The molecular formula is C48H72N4O8. The number of nitrogens with one attached hydrogen (secondary N) is 1. The molecule has 10 N–H and O–H groups in total. The summed E-state index contributed by atoms with van der Waals surface area (Å²) in [5.74, 6) is 0.154. The van der Waals surface area contributed by atoms with Crippen molar-refractivity contribution in [3.05, 3.63) is 47.3 Å². The molecule has 2 heterocycles. The van der Waals surface area contributed by atoms with Gasteiger partial charge in [0.15, 0.2) is 11.7 Å². The highest BCUT2D eigenvalue weighted by Gasteiger charge is 2.70. The third-order valence-electron chi connectivity index (χ3n) is 18.2. The van der Waals surface area contributed by atoms with Crippen molar-refractivity contribution in [3.63, 3.8) is 0 Å². The summed E-state index contributed by atoms with van der Waals surface area (Å²) in [5.41, 5.74) is 10.2. The zero-order valence-electron chi connectivity index (χ0n) is 36.3. The third kappa shape index (κ3) is 7.21. The second-order valence-corrected chi connectivity index (χ2v) is 21.3. The number of aliphatic hydroxyl groups excluding tert-OH is 3. The van der Waals surface area contributed by atoms with Crippen molar-refractivity contribution in [1.82, 2.24) is 4.98 Å². The topological polar surface area (TPSA) is 225 Å². The highest BCUT2D eigenvalue weighted by molar-refractivity contribution is 5.95. The number of cyclic esters (lactones) is 1. The van der Waals surface area contributed by atoms with E-state index in [4.69, 9.17) is 16.2 Å². The number of aromatic amines is 1. The van der Waals surface area contributed by atoms with Crippen LogP contribution in [0.1, 0.15) is 129 Å². The van der Waals surface area contributed by atoms with Gasteiger partial charge >= 0.3 is 5.97 Å². The molecule has 0 amide bonds. The van der Waals surface area contributed by atoms with E-state index in [1.165, 1.54) is 6.42 Å². The Hall–Kier alpha value is -3.03. The van der Waals surface area contributed by atoms with Crippen LogP contribution < -0.4 is 11.5 Å². The van der Waals surface area contributed by atoms with Crippen molar-refractivity contribution in [2.24, 2.45) is 80.6 Å². The summed E-state index contributed by atoms with van der Waals surface area (Å²) in [5, 5.41) is 59.9. The van der Waals surface area contributed by atoms with Crippen LogP contribution >= 0.6 is 0 Å². The van der Waals surface area contributed by atoms with Crippen LogP contribution in [0.2, 0.25) is 0 Å². The molecule has 17 atom stereocenters. The highest BCUT2D eigenvalue weighted by Crippen LogP contribution is 2.70. The minimum atomic E-state index is -1.59. The number of ether oxygens (including phenoxy) is 1. The second-order valence-electron chi connectivity index (χ2n) is 21.3. The monoisotopic (exact) mass is 833 g/mol. The quantitative estimate of drug-likeness (QED) is 0.0607. The number of hydrogen-bond acceptors (Lipinski definition) is 9. The lowest BCUT2D eigenvalue weighted by atomic mass is 9.44. The van der Waals surface area contributed by atoms with Crippen LogP contribution in [0.4, 0.5) is 0 Å². The summed E-state index contributed by atoms with van der Waals surface area (Å²) >= 11 is 0. The molecule has 8 rings (SSSR count). The lowest BCUT2D eigenvalue weighted by molar-refractivity contribution is -0.184. The number of esters is 1. The molecule has 4 saturated carbocycles. The fraction of sp³-hybridized carbons (Fsp3) is 0.771. The van der Waals surface area contributed by atoms with Crippen LogP contribution in [0.3, 0.4) is 0 Å². The first-order valence-electron chi connectivity index (χ1n) is 23.2. The number of ketones is 1. The molecule has 1 aliphatic heterocycles. The van der Waals surface area contributed by atoms with Crippen LogP contribution in [-0.4, -0.2) is 90.9 Å². The van der Waals surface area contributed by atoms with E-state index < -0.39 is 52.2 Å². The van der Waals surface area contributed by atoms with Gasteiger partial charge in [0.2, 0.25) is 0 Å². The largest absolute Gasteiger partial charge is 0.465 e. The van der Waals surface area contributed by atoms with Crippen molar-refractivity contribution < 1.29 is 39.9 Å². The molecule has 0 unspecified atom stereocenters. The molecule has 5 fully saturated rings. The van der Waals surface area contributed by atoms with Crippen LogP contribution in [0.25, 0.3) is 0 Å². The number of aliphatic imine (C=N–C) groups is 1. The normalized spacial score (nSPS) is 43.2. The van der Waals surface area contributed by atoms with Gasteiger partial charge in [-0.25, -0.2) is 0 Å². The predicted molar refractivity (Wildman–Crippen MR) is 228 cm³/mol. The Kier molecular flexibility index (Phi) is 11.8. The molecule has 1 aromatic rings. The molecule has 1 saturated heterocycles. The number of hydrogen-bond donors (Lipinski definition) is 8. The van der Waals surface area contributed by atoms with Crippen molar-refractivity contribution in [1.29, 1.82) is 0 Å². The Morgan fingerprint density at radius 3 is 2.62 bits per heavy atom. The minimum Gasteiger partial charge on any atom is -0.465 e. The number of nitrogens with two attached hydrogens (primary N) is 2. The first-order valence-corrected chi connectivity index (χ1v) is 23.2. The predicted octanol–water partition coefficient (Wildman–Crippen LogP) is 5.04. The van der Waals surface area contributed by atoms with Gasteiger partial charge in [-0.05, 0) is 167 Å². The maximum Gasteiger partial charge on any atom is 0.313 e. The summed E-state index contributed by atoms with van der Waals surface area (Å²) < 4.78 is 5.64. The summed E-state index contributed by atoms with van der Waals surface area (Å²) in [4.78, 5) is 34.3. The van der Waals surface area contributed by atoms with Crippen molar-refractivity contribution in [3.8, 4) is 0 Å². The standard InChI is InChI=1S/C48H72N4O8/c1-26-5-6-28-7-9-31(32(33(28)19-26)10-8-30-25-60-43(57)42(30)29-13-17-51-24-29)27(2)20-41(56)46(4,58)40-12-15-48(59)35-21-37(53)36-22-38(54)39(55)23-45(36,3)34(35)11-14-47(40,48)16-18-52-44(49)50/h7,13,17,21,24,26-27,30-34,36,38-42,51,54-56,58-59H,5-6,8-12,14-16,18-20,22-23,25H2,1-4H3,(H4,49,50,52)/t26-,27-,30+,31+,32+,33+,34+,36+,38-,39+,40-,41-,42-,45-,46-,47+,48-/m1/s1. The average Bonchev–Trinajstić information content (AvgIpc) is 3.92. The number of guanidine groups is 1. The smallest absolute Gasteiger partial charge is 0.313 e. The van der Waals surface area contributed by atoms with E-state index in [0.29, 0.717) is 68.5 Å². The lowest BCUT2D eigenvalue weighted by Crippen LogP contribution is -2.64. The number of H-pyrrole nitrogens is 1. The first kappa shape index (κ1) is 43.6. The average molecular weight is 833 g/mol. The van der Waals surface area contributed by atoms with E-state index >= 15 is 0 Å². The Morgan fingerprint density at radius 2 is 1.88 bits per heavy atom. The number of aromatic nitrogens is 1. The SMILES string of the molecule is C[C@@H]1CCC2=CC[C@@H]([C@H](C)C[C@@H](O)[C@](C)(O)[C@H]3CC[C@@]4(O)C5=CC(=O)[C@@H]6C[C@@H](O)[C@@H](O)C[C@]6(C)[C@H]5CC[C@]34CCN=C(N)N)[C@H](CC[C@H]3COC(=O)[C@@H]3c3cc[nH]c3)[C@H]2C1. The van der Waals surface area contributed by atoms with Crippen LogP contribution in [0.15, 0.2) is 46.8 Å². The summed E-state index contributed by atoms with van der Waals surface area (Å²) in [7, 11) is 0. The van der Waals surface area contributed by atoms with Crippen LogP contribution in [-0.2, 0) is 14.3 Å². The van der Waals surface area contributed by atoms with Gasteiger partial charge in [0.05, 0.1) is 42.0 Å². The lowest BCUT2D eigenvalue weighted by Gasteiger charge is -2.61. The molecule has 332 valence electrons. The number of fused-ring (bicyclic) bond motifs is 6. The van der Waals surface area contributed by atoms with Gasteiger partial charge in [-0.2, -0.15) is 0 Å². The van der Waals surface area contributed by atoms with Gasteiger partial charge in [0.25, 0.3) is 0 Å². The van der Waals surface area contributed by atoms with Crippen LogP contribution in [0, 0.1) is 64.1 Å². The molecule has 12 nitrogen and oxygen atoms in total. The maximum absolute atomic E-state index is 13.9. The second kappa shape index (κ2) is 16.3. The summed E-state index contributed by atoms with van der Waals surface area (Å²) in [6.07, 6.45) is 14.2. The number of nitrogens with zero attached hydrogens (tertiary/aromatic N) is 1. The zero-order chi connectivity index (χ0) is 42.9. The minimum absolute atomic E-state index is 0.0606. The van der Waals surface area contributed by atoms with Gasteiger partial charge in [0, 0.05) is 36.2 Å². The van der Waals surface area contributed by atoms with Crippen LogP contribution in [0.5, 0.6) is 0 Å². The van der Waals surface area contributed by atoms with E-state index in [1.54, 1.807) is 18.6 Å². The number of rotatable bonds is 12. The van der Waals surface area contributed by atoms with Gasteiger partial charge in [-0.1, -0.05) is 32.4 Å². The van der Waals surface area contributed by atoms with E-state index in [0.717, 1.165) is 37.7 Å². The number of allylic oxidation sites excluding steroid dienone is 3. The molecule has 0 spiro atoms. The van der Waals surface area contributed by atoms with E-state index in [2.05, 4.69) is 29.9 Å². The fourth-order valence-electron chi connectivity index (χ4n) is 14.9. The Morgan fingerprint density at radius 1 is 1.10 bits per heavy atom. The highest BCUT2D eigenvalue weighted by atomic mass is 16.5. The van der Waals surface area contributed by atoms with Gasteiger partial charge in [-0.15, -0.1) is 0 Å². The molecule has 0 bridgehead atoms. The Labute approximate surface area is 355 Å². The summed E-state index contributed by atoms with van der Waals surface area (Å²) in [6, 6.07) is 1.98. The Balaban J connectivity index is 1.05. The first-order chi connectivity index (χ1) is 28.4. The van der Waals surface area contributed by atoms with E-state index in [9.17, 15) is 35.1 Å². The Bertz CT molecular complexity index is 1860. The van der Waals surface area contributed by atoms with Gasteiger partial charge < -0.3 is 46.7 Å². The van der Waals surface area contributed by atoms with Crippen molar-refractivity contribution in [2.45, 2.75) is 153 Å². The molecular weight excluding hydrogens is 761 g/mol. The zero-order valence-corrected chi connectivity index (χ0v) is 36.3. The van der Waals surface area contributed by atoms with Gasteiger partial charge in [0.1, 0.15) is 0 Å². The van der Waals surface area contributed by atoms with Gasteiger partial charge in [-0.3, -0.25) is 14.6 Å². The number of aliphatic hydroxyl groups is 5. The van der Waals surface area contributed by atoms with Crippen molar-refractivity contribution >= 4 is 17.7 Å². The summed E-state index contributed by atoms with van der Waals surface area (Å²) in [6.45, 7) is 9.00. The molecule has 0 radical (unpaired) electrons.